The summed E-state index contributed by atoms with van der Waals surface area (Å²) in [6.45, 7) is 1.98. The van der Waals surface area contributed by atoms with Crippen molar-refractivity contribution < 1.29 is 18.7 Å². The summed E-state index contributed by atoms with van der Waals surface area (Å²) in [5, 5.41) is 0. The topological polar surface area (TPSA) is 67.4 Å². The van der Waals surface area contributed by atoms with Crippen molar-refractivity contribution in [3.8, 4) is 5.75 Å². The lowest BCUT2D eigenvalue weighted by Gasteiger charge is -2.09. The van der Waals surface area contributed by atoms with E-state index in [0.717, 1.165) is 17.4 Å². The van der Waals surface area contributed by atoms with E-state index in [-0.39, 0.29) is 5.56 Å². The largest absolute Gasteiger partial charge is 0.489 e. The molecule has 6 heteroatoms. The molecule has 0 radical (unpaired) electrons. The molecule has 0 atom stereocenters. The van der Waals surface area contributed by atoms with Crippen LogP contribution in [0.2, 0.25) is 0 Å². The highest BCUT2D eigenvalue weighted by Gasteiger charge is 2.11. The molecule has 0 unspecified atom stereocenters. The van der Waals surface area contributed by atoms with E-state index in [4.69, 9.17) is 4.74 Å². The minimum Gasteiger partial charge on any atom is -0.489 e. The van der Waals surface area contributed by atoms with E-state index < -0.39 is 17.6 Å². The van der Waals surface area contributed by atoms with Gasteiger partial charge in [0, 0.05) is 11.1 Å². The van der Waals surface area contributed by atoms with Gasteiger partial charge in [0.25, 0.3) is 11.8 Å². The number of nitrogens with one attached hydrogen (secondary N) is 2. The van der Waals surface area contributed by atoms with E-state index in [2.05, 4.69) is 10.9 Å². The Kier molecular flexibility index (Phi) is 6.01. The van der Waals surface area contributed by atoms with Gasteiger partial charge in [0.15, 0.2) is 0 Å². The van der Waals surface area contributed by atoms with E-state index in [0.29, 0.717) is 17.7 Å². The molecule has 142 valence electrons. The summed E-state index contributed by atoms with van der Waals surface area (Å²) in [4.78, 5) is 24.2. The van der Waals surface area contributed by atoms with Crippen molar-refractivity contribution in [2.75, 3.05) is 0 Å². The Balaban J connectivity index is 1.52. The molecule has 0 spiro atoms. The van der Waals surface area contributed by atoms with Crippen molar-refractivity contribution in [3.05, 3.63) is 101 Å². The maximum absolute atomic E-state index is 13.5. The molecule has 0 heterocycles. The average Bonchev–Trinajstić information content (AvgIpc) is 2.73. The SMILES string of the molecule is Cc1ccc(C(=O)NNC(=O)c2ccc(COc3ccccc3)cc2)cc1F. The van der Waals surface area contributed by atoms with Crippen LogP contribution in [0, 0.1) is 12.7 Å². The van der Waals surface area contributed by atoms with Gasteiger partial charge in [-0.25, -0.2) is 4.39 Å². The summed E-state index contributed by atoms with van der Waals surface area (Å²) in [6.07, 6.45) is 0. The summed E-state index contributed by atoms with van der Waals surface area (Å²) in [5.41, 5.74) is 6.43. The molecule has 0 bridgehead atoms. The van der Waals surface area contributed by atoms with Crippen LogP contribution in [0.4, 0.5) is 4.39 Å². The first-order chi connectivity index (χ1) is 13.5. The van der Waals surface area contributed by atoms with E-state index in [1.807, 2.05) is 30.3 Å². The number of carbonyl (C=O) groups excluding carboxylic acids is 2. The standard InChI is InChI=1S/C22H19FN2O3/c1-15-7-10-18(13-20(15)23)22(27)25-24-21(26)17-11-8-16(9-12-17)14-28-19-5-3-2-4-6-19/h2-13H,14H2,1H3,(H,24,26)(H,25,27). The summed E-state index contributed by atoms with van der Waals surface area (Å²) in [6, 6.07) is 20.4. The van der Waals surface area contributed by atoms with Crippen LogP contribution in [-0.4, -0.2) is 11.8 Å². The van der Waals surface area contributed by atoms with Gasteiger partial charge in [-0.05, 0) is 54.4 Å². The average molecular weight is 378 g/mol. The van der Waals surface area contributed by atoms with Crippen LogP contribution in [0.3, 0.4) is 0 Å². The van der Waals surface area contributed by atoms with Gasteiger partial charge in [0.2, 0.25) is 0 Å². The molecule has 3 aromatic carbocycles. The molecule has 0 aliphatic heterocycles. The van der Waals surface area contributed by atoms with E-state index in [1.165, 1.54) is 12.1 Å². The number of halogens is 1. The van der Waals surface area contributed by atoms with Crippen LogP contribution in [0.25, 0.3) is 0 Å². The molecule has 2 amide bonds. The Morgan fingerprint density at radius 2 is 1.46 bits per heavy atom. The maximum atomic E-state index is 13.5. The van der Waals surface area contributed by atoms with Crippen LogP contribution in [0.1, 0.15) is 31.8 Å². The van der Waals surface area contributed by atoms with Gasteiger partial charge in [0.1, 0.15) is 18.2 Å². The molecule has 0 saturated heterocycles. The third-order valence-electron chi connectivity index (χ3n) is 4.09. The number of hydrogen-bond donors (Lipinski definition) is 2. The number of hydrogen-bond acceptors (Lipinski definition) is 3. The Morgan fingerprint density at radius 3 is 2.11 bits per heavy atom. The summed E-state index contributed by atoms with van der Waals surface area (Å²) in [7, 11) is 0. The van der Waals surface area contributed by atoms with Crippen molar-refractivity contribution in [2.24, 2.45) is 0 Å². The molecule has 3 aromatic rings. The number of rotatable bonds is 5. The summed E-state index contributed by atoms with van der Waals surface area (Å²) in [5.74, 6) is -0.788. The molecular formula is C22H19FN2O3. The van der Waals surface area contributed by atoms with Crippen LogP contribution < -0.4 is 15.6 Å². The lowest BCUT2D eigenvalue weighted by atomic mass is 10.1. The zero-order valence-corrected chi connectivity index (χ0v) is 15.2. The predicted octanol–water partition coefficient (Wildman–Crippen LogP) is 3.79. The number of aryl methyl sites for hydroxylation is 1. The first-order valence-corrected chi connectivity index (χ1v) is 8.66. The molecule has 0 saturated carbocycles. The maximum Gasteiger partial charge on any atom is 0.269 e. The molecule has 3 rings (SSSR count). The third-order valence-corrected chi connectivity index (χ3v) is 4.09. The normalized spacial score (nSPS) is 10.2. The number of amides is 2. The monoisotopic (exact) mass is 378 g/mol. The van der Waals surface area contributed by atoms with Crippen molar-refractivity contribution in [3.63, 3.8) is 0 Å². The van der Waals surface area contributed by atoms with Gasteiger partial charge in [-0.3, -0.25) is 20.4 Å². The molecule has 0 aliphatic rings. The van der Waals surface area contributed by atoms with Gasteiger partial charge < -0.3 is 4.74 Å². The van der Waals surface area contributed by atoms with Gasteiger partial charge in [-0.1, -0.05) is 36.4 Å². The molecule has 28 heavy (non-hydrogen) atoms. The van der Waals surface area contributed by atoms with Crippen LogP contribution in [0.15, 0.2) is 72.8 Å². The van der Waals surface area contributed by atoms with Crippen molar-refractivity contribution in [2.45, 2.75) is 13.5 Å². The Bertz CT molecular complexity index is 973. The van der Waals surface area contributed by atoms with E-state index >= 15 is 0 Å². The Hall–Kier alpha value is -3.67. The highest BCUT2D eigenvalue weighted by atomic mass is 19.1. The second-order valence-corrected chi connectivity index (χ2v) is 6.17. The van der Waals surface area contributed by atoms with Crippen molar-refractivity contribution >= 4 is 11.8 Å². The number of benzene rings is 3. The van der Waals surface area contributed by atoms with Crippen LogP contribution >= 0.6 is 0 Å². The quantitative estimate of drug-likeness (QED) is 0.664. The number of para-hydroxylation sites is 1. The van der Waals surface area contributed by atoms with Crippen molar-refractivity contribution in [1.82, 2.24) is 10.9 Å². The lowest BCUT2D eigenvalue weighted by Crippen LogP contribution is -2.41. The molecule has 2 N–H and O–H groups in total. The molecule has 5 nitrogen and oxygen atoms in total. The van der Waals surface area contributed by atoms with Gasteiger partial charge in [-0.2, -0.15) is 0 Å². The minimum absolute atomic E-state index is 0.122. The molecular weight excluding hydrogens is 359 g/mol. The third kappa shape index (κ3) is 4.94. The lowest BCUT2D eigenvalue weighted by molar-refractivity contribution is 0.0846. The highest BCUT2D eigenvalue weighted by molar-refractivity contribution is 5.99. The number of carbonyl (C=O) groups is 2. The smallest absolute Gasteiger partial charge is 0.269 e. The van der Waals surface area contributed by atoms with Crippen LogP contribution in [-0.2, 0) is 6.61 Å². The van der Waals surface area contributed by atoms with E-state index in [9.17, 15) is 14.0 Å². The van der Waals surface area contributed by atoms with Gasteiger partial charge >= 0.3 is 0 Å². The second kappa shape index (κ2) is 8.81. The first kappa shape index (κ1) is 19.1. The molecule has 0 aromatic heterocycles. The second-order valence-electron chi connectivity index (χ2n) is 6.17. The molecule has 0 aliphatic carbocycles. The Labute approximate surface area is 162 Å². The predicted molar refractivity (Wildman–Crippen MR) is 103 cm³/mol. The fourth-order valence-corrected chi connectivity index (χ4v) is 2.43. The zero-order chi connectivity index (χ0) is 19.9. The van der Waals surface area contributed by atoms with Gasteiger partial charge in [0.05, 0.1) is 0 Å². The Morgan fingerprint density at radius 1 is 0.857 bits per heavy atom. The zero-order valence-electron chi connectivity index (χ0n) is 15.2. The van der Waals surface area contributed by atoms with E-state index in [1.54, 1.807) is 31.2 Å². The minimum atomic E-state index is -0.597. The van der Waals surface area contributed by atoms with Crippen molar-refractivity contribution in [1.29, 1.82) is 0 Å². The number of hydrazine groups is 1. The summed E-state index contributed by atoms with van der Waals surface area (Å²) < 4.78 is 19.2. The summed E-state index contributed by atoms with van der Waals surface area (Å²) >= 11 is 0. The van der Waals surface area contributed by atoms with Crippen LogP contribution in [0.5, 0.6) is 5.75 Å². The number of ether oxygens (including phenoxy) is 1. The molecule has 0 fully saturated rings. The first-order valence-electron chi connectivity index (χ1n) is 8.66. The fraction of sp³-hybridized carbons (Fsp3) is 0.0909. The fourth-order valence-electron chi connectivity index (χ4n) is 2.43. The van der Waals surface area contributed by atoms with Gasteiger partial charge in [-0.15, -0.1) is 0 Å². The highest BCUT2D eigenvalue weighted by Crippen LogP contribution is 2.12.